The summed E-state index contributed by atoms with van der Waals surface area (Å²) in [6.07, 6.45) is 1.49. The van der Waals surface area contributed by atoms with E-state index in [9.17, 15) is 4.39 Å². The molecule has 4 atom stereocenters. The van der Waals surface area contributed by atoms with Gasteiger partial charge in [-0.1, -0.05) is 6.92 Å². The molecule has 2 N–H and O–H groups in total. The van der Waals surface area contributed by atoms with E-state index in [1.54, 1.807) is 6.07 Å². The third-order valence-corrected chi connectivity index (χ3v) is 3.96. The first-order valence-corrected chi connectivity index (χ1v) is 7.20. The second-order valence-electron chi connectivity index (χ2n) is 5.85. The van der Waals surface area contributed by atoms with Gasteiger partial charge in [-0.05, 0) is 31.9 Å². The molecule has 1 aromatic rings. The molecule has 112 valence electrons. The topological polar surface area (TPSA) is 51.4 Å². The molecule has 0 spiro atoms. The molecule has 5 heteroatoms. The number of halogens is 1. The van der Waals surface area contributed by atoms with Crippen LogP contribution in [0.5, 0.6) is 0 Å². The highest BCUT2D eigenvalue weighted by atomic mass is 19.1. The fraction of sp³-hybridized carbons (Fsp3) is 0.667. The van der Waals surface area contributed by atoms with E-state index in [1.807, 2.05) is 0 Å². The lowest BCUT2D eigenvalue weighted by Gasteiger charge is -2.39. The first kappa shape index (κ1) is 15.4. The number of morpholine rings is 1. The molecule has 0 radical (unpaired) electrons. The van der Waals surface area contributed by atoms with E-state index in [0.29, 0.717) is 6.04 Å². The summed E-state index contributed by atoms with van der Waals surface area (Å²) in [5.41, 5.74) is 6.99. The molecule has 0 aromatic carbocycles. The van der Waals surface area contributed by atoms with Crippen LogP contribution < -0.4 is 5.73 Å². The van der Waals surface area contributed by atoms with Crippen LogP contribution in [0.3, 0.4) is 0 Å². The summed E-state index contributed by atoms with van der Waals surface area (Å²) in [7, 11) is 0. The van der Waals surface area contributed by atoms with Gasteiger partial charge in [0.05, 0.1) is 30.6 Å². The maximum absolute atomic E-state index is 12.9. The predicted octanol–water partition coefficient (Wildman–Crippen LogP) is 1.97. The Kier molecular flexibility index (Phi) is 5.07. The largest absolute Gasteiger partial charge is 0.376 e. The third kappa shape index (κ3) is 3.75. The number of hydrogen-bond donors (Lipinski definition) is 1. The molecule has 0 saturated carbocycles. The quantitative estimate of drug-likeness (QED) is 0.916. The lowest BCUT2D eigenvalue weighted by atomic mass is 9.97. The zero-order valence-corrected chi connectivity index (χ0v) is 12.4. The Morgan fingerprint density at radius 3 is 2.90 bits per heavy atom. The Morgan fingerprint density at radius 1 is 1.50 bits per heavy atom. The highest BCUT2D eigenvalue weighted by Gasteiger charge is 2.27. The molecule has 4 nitrogen and oxygen atoms in total. The van der Waals surface area contributed by atoms with Crippen LogP contribution in [0.1, 0.15) is 32.5 Å². The van der Waals surface area contributed by atoms with Crippen molar-refractivity contribution in [3.05, 3.63) is 29.8 Å². The molecule has 1 saturated heterocycles. The van der Waals surface area contributed by atoms with Crippen molar-refractivity contribution < 1.29 is 9.13 Å². The lowest BCUT2D eigenvalue weighted by molar-refractivity contribution is -0.0545. The van der Waals surface area contributed by atoms with E-state index >= 15 is 0 Å². The molecule has 0 bridgehead atoms. The van der Waals surface area contributed by atoms with Crippen LogP contribution in [0.4, 0.5) is 4.39 Å². The number of rotatable bonds is 4. The third-order valence-electron chi connectivity index (χ3n) is 3.96. The van der Waals surface area contributed by atoms with Crippen molar-refractivity contribution in [2.75, 3.05) is 19.7 Å². The smallest absolute Gasteiger partial charge is 0.141 e. The van der Waals surface area contributed by atoms with Crippen molar-refractivity contribution in [2.45, 2.75) is 39.0 Å². The second kappa shape index (κ2) is 6.61. The van der Waals surface area contributed by atoms with E-state index in [1.165, 1.54) is 12.3 Å². The fourth-order valence-electron chi connectivity index (χ4n) is 2.59. The van der Waals surface area contributed by atoms with E-state index < -0.39 is 0 Å². The normalized spacial score (nSPS) is 27.2. The number of nitrogens with zero attached hydrogens (tertiary/aromatic N) is 2. The minimum atomic E-state index is -0.329. The van der Waals surface area contributed by atoms with E-state index in [4.69, 9.17) is 10.5 Å². The van der Waals surface area contributed by atoms with Gasteiger partial charge < -0.3 is 10.5 Å². The number of aromatic nitrogens is 1. The SMILES string of the molecule is CC1CN(CC(C)C(N)c2ccc(F)cn2)C(C)CO1. The molecule has 0 amide bonds. The summed E-state index contributed by atoms with van der Waals surface area (Å²) < 4.78 is 18.5. The van der Waals surface area contributed by atoms with Crippen LogP contribution >= 0.6 is 0 Å². The number of pyridine rings is 1. The molecule has 2 rings (SSSR count). The minimum absolute atomic E-state index is 0.180. The van der Waals surface area contributed by atoms with Crippen LogP contribution in [0.25, 0.3) is 0 Å². The summed E-state index contributed by atoms with van der Waals surface area (Å²) in [5, 5.41) is 0. The number of hydrogen-bond acceptors (Lipinski definition) is 4. The van der Waals surface area contributed by atoms with Crippen molar-refractivity contribution >= 4 is 0 Å². The van der Waals surface area contributed by atoms with Crippen molar-refractivity contribution in [3.8, 4) is 0 Å². The Bertz CT molecular complexity index is 426. The average Bonchev–Trinajstić information content (AvgIpc) is 2.43. The maximum atomic E-state index is 12.9. The van der Waals surface area contributed by atoms with E-state index in [2.05, 4.69) is 30.7 Å². The number of ether oxygens (including phenoxy) is 1. The Morgan fingerprint density at radius 2 is 2.25 bits per heavy atom. The number of nitrogens with two attached hydrogens (primary N) is 1. The van der Waals surface area contributed by atoms with Crippen LogP contribution in [0, 0.1) is 11.7 Å². The average molecular weight is 281 g/mol. The summed E-state index contributed by atoms with van der Waals surface area (Å²) in [4.78, 5) is 6.49. The van der Waals surface area contributed by atoms with Gasteiger partial charge in [-0.25, -0.2) is 4.39 Å². The standard InChI is InChI=1S/C15H24FN3O/c1-10(7-19-8-12(3)20-9-11(19)2)15(17)14-5-4-13(16)6-18-14/h4-6,10-12,15H,7-9,17H2,1-3H3. The van der Waals surface area contributed by atoms with Gasteiger partial charge in [0.2, 0.25) is 0 Å². The molecule has 4 unspecified atom stereocenters. The maximum Gasteiger partial charge on any atom is 0.141 e. The first-order valence-electron chi connectivity index (χ1n) is 7.20. The van der Waals surface area contributed by atoms with E-state index in [-0.39, 0.29) is 23.9 Å². The summed E-state index contributed by atoms with van der Waals surface area (Å²) in [6.45, 7) is 8.95. The fourth-order valence-corrected chi connectivity index (χ4v) is 2.59. The highest BCUT2D eigenvalue weighted by Crippen LogP contribution is 2.21. The van der Waals surface area contributed by atoms with Crippen LogP contribution in [-0.4, -0.2) is 41.7 Å². The van der Waals surface area contributed by atoms with Crippen LogP contribution in [0.2, 0.25) is 0 Å². The molecule has 1 aromatic heterocycles. The monoisotopic (exact) mass is 281 g/mol. The van der Waals surface area contributed by atoms with Gasteiger partial charge in [-0.15, -0.1) is 0 Å². The zero-order chi connectivity index (χ0) is 14.7. The van der Waals surface area contributed by atoms with Gasteiger partial charge in [0.25, 0.3) is 0 Å². The Hall–Kier alpha value is -1.04. The second-order valence-corrected chi connectivity index (χ2v) is 5.85. The minimum Gasteiger partial charge on any atom is -0.376 e. The van der Waals surface area contributed by atoms with Crippen molar-refractivity contribution in [3.63, 3.8) is 0 Å². The zero-order valence-electron chi connectivity index (χ0n) is 12.4. The molecule has 1 aliphatic heterocycles. The van der Waals surface area contributed by atoms with Gasteiger partial charge in [0.15, 0.2) is 0 Å². The molecular formula is C15H24FN3O. The van der Waals surface area contributed by atoms with Crippen LogP contribution in [-0.2, 0) is 4.74 Å². The van der Waals surface area contributed by atoms with Gasteiger partial charge in [0.1, 0.15) is 5.82 Å². The summed E-state index contributed by atoms with van der Waals surface area (Å²) in [5.74, 6) is -0.0788. The summed E-state index contributed by atoms with van der Waals surface area (Å²) in [6, 6.07) is 3.30. The molecule has 2 heterocycles. The molecule has 20 heavy (non-hydrogen) atoms. The van der Waals surface area contributed by atoms with Gasteiger partial charge in [-0.2, -0.15) is 0 Å². The Balaban J connectivity index is 1.96. The molecular weight excluding hydrogens is 257 g/mol. The van der Waals surface area contributed by atoms with Gasteiger partial charge in [0, 0.05) is 19.1 Å². The first-order chi connectivity index (χ1) is 9.47. The lowest BCUT2D eigenvalue weighted by Crippen LogP contribution is -2.49. The van der Waals surface area contributed by atoms with Gasteiger partial charge in [-0.3, -0.25) is 9.88 Å². The Labute approximate surface area is 120 Å². The summed E-state index contributed by atoms with van der Waals surface area (Å²) >= 11 is 0. The molecule has 0 aliphatic carbocycles. The van der Waals surface area contributed by atoms with Crippen molar-refractivity contribution in [1.82, 2.24) is 9.88 Å². The van der Waals surface area contributed by atoms with Crippen LogP contribution in [0.15, 0.2) is 18.3 Å². The molecule has 1 aliphatic rings. The van der Waals surface area contributed by atoms with Gasteiger partial charge >= 0.3 is 0 Å². The predicted molar refractivity (Wildman–Crippen MR) is 76.7 cm³/mol. The van der Waals surface area contributed by atoms with Crippen molar-refractivity contribution in [1.29, 1.82) is 0 Å². The van der Waals surface area contributed by atoms with Crippen molar-refractivity contribution in [2.24, 2.45) is 11.7 Å². The molecule has 1 fully saturated rings. The highest BCUT2D eigenvalue weighted by molar-refractivity contribution is 5.10. The van der Waals surface area contributed by atoms with E-state index in [0.717, 1.165) is 25.4 Å².